The molecule has 0 fully saturated rings. The quantitative estimate of drug-likeness (QED) is 0.654. The number of rotatable bonds is 6. The number of carbonyl (C=O) groups excluding carboxylic acids is 2. The Hall–Kier alpha value is -3.08. The highest BCUT2D eigenvalue weighted by atomic mass is 16.5. The Morgan fingerprint density at radius 3 is 2.04 bits per heavy atom. The molecule has 2 rings (SSSR count). The Labute approximate surface area is 133 Å². The minimum atomic E-state index is -0.657. The summed E-state index contributed by atoms with van der Waals surface area (Å²) in [5, 5.41) is 8.52. The van der Waals surface area contributed by atoms with E-state index in [9.17, 15) is 9.59 Å². The van der Waals surface area contributed by atoms with Gasteiger partial charge in [-0.1, -0.05) is 42.5 Å². The summed E-state index contributed by atoms with van der Waals surface area (Å²) in [5.74, 6) is -1.26. The third kappa shape index (κ3) is 4.71. The number of hydrogen-bond acceptors (Lipinski definition) is 5. The predicted molar refractivity (Wildman–Crippen MR) is 84.1 cm³/mol. The lowest BCUT2D eigenvalue weighted by Gasteiger charge is -2.09. The maximum absolute atomic E-state index is 12.2. The first-order chi connectivity index (χ1) is 11.2. The van der Waals surface area contributed by atoms with Gasteiger partial charge in [-0.2, -0.15) is 0 Å². The zero-order chi connectivity index (χ0) is 16.5. The molecule has 2 aromatic carbocycles. The molecule has 2 aromatic rings. The first-order valence-corrected chi connectivity index (χ1v) is 6.99. The Kier molecular flexibility index (Phi) is 5.94. The Morgan fingerprint density at radius 1 is 0.870 bits per heavy atom. The summed E-state index contributed by atoms with van der Waals surface area (Å²) in [6, 6.07) is 15.5. The van der Waals surface area contributed by atoms with Crippen LogP contribution < -0.4 is 0 Å². The van der Waals surface area contributed by atoms with Crippen molar-refractivity contribution in [3.63, 3.8) is 0 Å². The highest BCUT2D eigenvalue weighted by Crippen LogP contribution is 2.13. The van der Waals surface area contributed by atoms with Gasteiger partial charge in [-0.15, -0.1) is 0 Å². The van der Waals surface area contributed by atoms with E-state index in [0.29, 0.717) is 0 Å². The minimum Gasteiger partial charge on any atom is -0.516 e. The molecule has 0 bridgehead atoms. The van der Waals surface area contributed by atoms with Gasteiger partial charge in [0.25, 0.3) is 0 Å². The van der Waals surface area contributed by atoms with Gasteiger partial charge in [0.15, 0.2) is 0 Å². The molecule has 0 aliphatic carbocycles. The molecule has 118 valence electrons. The first-order valence-electron chi connectivity index (χ1n) is 6.99. The molecule has 0 radical (unpaired) electrons. The van der Waals surface area contributed by atoms with Gasteiger partial charge in [0.1, 0.15) is 13.2 Å². The molecule has 0 saturated heterocycles. The normalized spacial score (nSPS) is 10.4. The average molecular weight is 312 g/mol. The van der Waals surface area contributed by atoms with Crippen molar-refractivity contribution < 1.29 is 24.2 Å². The lowest BCUT2D eigenvalue weighted by atomic mass is 10.1. The van der Waals surface area contributed by atoms with E-state index in [4.69, 9.17) is 14.6 Å². The van der Waals surface area contributed by atoms with E-state index in [2.05, 4.69) is 0 Å². The van der Waals surface area contributed by atoms with Gasteiger partial charge in [0.05, 0.1) is 17.4 Å². The summed E-state index contributed by atoms with van der Waals surface area (Å²) in [5.41, 5.74) is 1.12. The number of hydrogen-bond donors (Lipinski definition) is 1. The molecule has 0 amide bonds. The van der Waals surface area contributed by atoms with Gasteiger partial charge in [0, 0.05) is 0 Å². The van der Waals surface area contributed by atoms with Crippen LogP contribution in [0, 0.1) is 0 Å². The molecule has 1 N–H and O–H groups in total. The predicted octanol–water partition coefficient (Wildman–Crippen LogP) is 3.27. The zero-order valence-electron chi connectivity index (χ0n) is 12.3. The van der Waals surface area contributed by atoms with Crippen LogP contribution in [-0.2, 0) is 16.1 Å². The summed E-state index contributed by atoms with van der Waals surface area (Å²) in [6.07, 6.45) is 2.06. The average Bonchev–Trinajstić information content (AvgIpc) is 2.60. The Balaban J connectivity index is 2.06. The van der Waals surface area contributed by atoms with E-state index < -0.39 is 11.9 Å². The molecule has 0 heterocycles. The SMILES string of the molecule is O=C(OCC=CO)c1ccccc1C(=O)OCc1ccccc1. The van der Waals surface area contributed by atoms with Crippen LogP contribution in [0.25, 0.3) is 0 Å². The van der Waals surface area contributed by atoms with Gasteiger partial charge in [-0.25, -0.2) is 9.59 Å². The smallest absolute Gasteiger partial charge is 0.339 e. The monoisotopic (exact) mass is 312 g/mol. The molecular weight excluding hydrogens is 296 g/mol. The molecule has 5 nitrogen and oxygen atoms in total. The molecule has 0 aromatic heterocycles. The second-order valence-corrected chi connectivity index (χ2v) is 4.59. The maximum atomic E-state index is 12.2. The van der Waals surface area contributed by atoms with Crippen LogP contribution in [0.15, 0.2) is 66.9 Å². The highest BCUT2D eigenvalue weighted by molar-refractivity contribution is 6.03. The largest absolute Gasteiger partial charge is 0.516 e. The van der Waals surface area contributed by atoms with Gasteiger partial charge in [-0.05, 0) is 23.8 Å². The van der Waals surface area contributed by atoms with Gasteiger partial charge < -0.3 is 14.6 Å². The molecule has 5 heteroatoms. The van der Waals surface area contributed by atoms with Crippen molar-refractivity contribution in [3.8, 4) is 0 Å². The summed E-state index contributed by atoms with van der Waals surface area (Å²) in [7, 11) is 0. The summed E-state index contributed by atoms with van der Waals surface area (Å²) in [4.78, 5) is 24.2. The van der Waals surface area contributed by atoms with E-state index in [-0.39, 0.29) is 24.3 Å². The van der Waals surface area contributed by atoms with Crippen LogP contribution in [0.3, 0.4) is 0 Å². The number of esters is 2. The molecular formula is C18H16O5. The molecule has 0 spiro atoms. The second kappa shape index (κ2) is 8.38. The summed E-state index contributed by atoms with van der Waals surface area (Å²) < 4.78 is 10.2. The molecule has 0 unspecified atom stereocenters. The number of carbonyl (C=O) groups is 2. The van der Waals surface area contributed by atoms with Crippen molar-refractivity contribution >= 4 is 11.9 Å². The van der Waals surface area contributed by atoms with E-state index in [1.807, 2.05) is 30.3 Å². The Bertz CT molecular complexity index is 692. The van der Waals surface area contributed by atoms with Crippen molar-refractivity contribution in [2.45, 2.75) is 6.61 Å². The summed E-state index contributed by atoms with van der Waals surface area (Å²) in [6.45, 7) is 0.0407. The van der Waals surface area contributed by atoms with Crippen LogP contribution in [0.4, 0.5) is 0 Å². The second-order valence-electron chi connectivity index (χ2n) is 4.59. The maximum Gasteiger partial charge on any atom is 0.339 e. The fourth-order valence-corrected chi connectivity index (χ4v) is 1.88. The van der Waals surface area contributed by atoms with Crippen molar-refractivity contribution in [2.75, 3.05) is 6.61 Å². The fraction of sp³-hybridized carbons (Fsp3) is 0.111. The van der Waals surface area contributed by atoms with E-state index >= 15 is 0 Å². The van der Waals surface area contributed by atoms with Crippen LogP contribution in [0.5, 0.6) is 0 Å². The number of aliphatic hydroxyl groups excluding tert-OH is 1. The van der Waals surface area contributed by atoms with Crippen LogP contribution in [0.1, 0.15) is 26.3 Å². The fourth-order valence-electron chi connectivity index (χ4n) is 1.88. The number of benzene rings is 2. The number of ether oxygens (including phenoxy) is 2. The van der Waals surface area contributed by atoms with Crippen molar-refractivity contribution in [3.05, 3.63) is 83.6 Å². The lowest BCUT2D eigenvalue weighted by molar-refractivity contribution is 0.0450. The third-order valence-electron chi connectivity index (χ3n) is 3.00. The summed E-state index contributed by atoms with van der Waals surface area (Å²) >= 11 is 0. The van der Waals surface area contributed by atoms with Gasteiger partial charge >= 0.3 is 11.9 Å². The zero-order valence-corrected chi connectivity index (χ0v) is 12.3. The standard InChI is InChI=1S/C18H16O5/c19-11-6-12-22-17(20)15-9-4-5-10-16(15)18(21)23-13-14-7-2-1-3-8-14/h1-11,19H,12-13H2. The highest BCUT2D eigenvalue weighted by Gasteiger charge is 2.18. The van der Waals surface area contributed by atoms with Gasteiger partial charge in [0.2, 0.25) is 0 Å². The van der Waals surface area contributed by atoms with Crippen molar-refractivity contribution in [2.24, 2.45) is 0 Å². The molecule has 0 saturated carbocycles. The van der Waals surface area contributed by atoms with Gasteiger partial charge in [-0.3, -0.25) is 0 Å². The topological polar surface area (TPSA) is 72.8 Å². The minimum absolute atomic E-state index is 0.0806. The molecule has 0 aliphatic rings. The van der Waals surface area contributed by atoms with Crippen LogP contribution in [-0.4, -0.2) is 23.7 Å². The molecule has 0 atom stereocenters. The van der Waals surface area contributed by atoms with Crippen LogP contribution >= 0.6 is 0 Å². The molecule has 0 aliphatic heterocycles. The molecule has 23 heavy (non-hydrogen) atoms. The van der Waals surface area contributed by atoms with E-state index in [0.717, 1.165) is 11.8 Å². The lowest BCUT2D eigenvalue weighted by Crippen LogP contribution is -2.14. The first kappa shape index (κ1) is 16.3. The third-order valence-corrected chi connectivity index (χ3v) is 3.00. The van der Waals surface area contributed by atoms with E-state index in [1.54, 1.807) is 12.1 Å². The number of aliphatic hydroxyl groups is 1. The Morgan fingerprint density at radius 2 is 1.43 bits per heavy atom. The van der Waals surface area contributed by atoms with E-state index in [1.165, 1.54) is 18.2 Å². The van der Waals surface area contributed by atoms with Crippen molar-refractivity contribution in [1.29, 1.82) is 0 Å². The van der Waals surface area contributed by atoms with Crippen LogP contribution in [0.2, 0.25) is 0 Å². The van der Waals surface area contributed by atoms with Crippen molar-refractivity contribution in [1.82, 2.24) is 0 Å².